The van der Waals surface area contributed by atoms with Gasteiger partial charge >= 0.3 is 11.9 Å². The molecule has 0 aromatic carbocycles. The number of carbonyl (C=O) groups excluding carboxylic acids is 2. The molecule has 8 fully saturated rings. The van der Waals surface area contributed by atoms with Gasteiger partial charge in [-0.25, -0.2) is 0 Å². The van der Waals surface area contributed by atoms with Gasteiger partial charge in [0.05, 0.1) is 12.8 Å². The van der Waals surface area contributed by atoms with Gasteiger partial charge in [-0.1, -0.05) is 0 Å². The summed E-state index contributed by atoms with van der Waals surface area (Å²) in [6.07, 6.45) is 15.8. The zero-order valence-corrected chi connectivity index (χ0v) is 22.0. The van der Waals surface area contributed by atoms with Crippen molar-refractivity contribution in [1.29, 1.82) is 0 Å². The van der Waals surface area contributed by atoms with Crippen molar-refractivity contribution in [3.63, 3.8) is 0 Å². The highest BCUT2D eigenvalue weighted by molar-refractivity contribution is 5.78. The molecule has 8 bridgehead atoms. The summed E-state index contributed by atoms with van der Waals surface area (Å²) < 4.78 is 12.3. The molecule has 34 heavy (non-hydrogen) atoms. The molecule has 0 aliphatic heterocycles. The fourth-order valence-electron chi connectivity index (χ4n) is 10.8. The Balaban J connectivity index is 1.04. The van der Waals surface area contributed by atoms with Crippen LogP contribution in [-0.4, -0.2) is 23.1 Å². The first-order chi connectivity index (χ1) is 16.0. The summed E-state index contributed by atoms with van der Waals surface area (Å²) >= 11 is 0. The van der Waals surface area contributed by atoms with Gasteiger partial charge < -0.3 is 9.47 Å². The number of ether oxygens (including phenoxy) is 2. The average molecular weight is 471 g/mol. The van der Waals surface area contributed by atoms with Crippen molar-refractivity contribution in [2.75, 3.05) is 0 Å². The van der Waals surface area contributed by atoms with E-state index in [1.54, 1.807) is 0 Å². The summed E-state index contributed by atoms with van der Waals surface area (Å²) in [7, 11) is 0. The second-order valence-corrected chi connectivity index (χ2v) is 14.9. The lowest BCUT2D eigenvalue weighted by molar-refractivity contribution is -0.203. The smallest absolute Gasteiger partial charge is 0.306 e. The van der Waals surface area contributed by atoms with E-state index in [0.717, 1.165) is 35.5 Å². The monoisotopic (exact) mass is 470 g/mol. The van der Waals surface area contributed by atoms with Crippen LogP contribution in [0.5, 0.6) is 0 Å². The number of rotatable bonds is 7. The highest BCUT2D eigenvalue weighted by atomic mass is 16.6. The van der Waals surface area contributed by atoms with Crippen LogP contribution in [0.4, 0.5) is 0 Å². The molecule has 0 N–H and O–H groups in total. The van der Waals surface area contributed by atoms with Crippen molar-refractivity contribution in [2.24, 2.45) is 46.3 Å². The first-order valence-corrected chi connectivity index (χ1v) is 14.4. The number of hydrogen-bond acceptors (Lipinski definition) is 4. The molecular formula is C30H46O4. The van der Waals surface area contributed by atoms with E-state index in [-0.39, 0.29) is 35.6 Å². The number of hydrogen-bond donors (Lipinski definition) is 0. The van der Waals surface area contributed by atoms with Gasteiger partial charge in [-0.05, 0) is 140 Å². The van der Waals surface area contributed by atoms with Crippen LogP contribution in [0.25, 0.3) is 0 Å². The molecule has 0 atom stereocenters. The van der Waals surface area contributed by atoms with E-state index in [2.05, 4.69) is 27.7 Å². The highest BCUT2D eigenvalue weighted by Crippen LogP contribution is 2.65. The molecule has 0 saturated heterocycles. The van der Waals surface area contributed by atoms with Gasteiger partial charge in [0, 0.05) is 10.8 Å². The van der Waals surface area contributed by atoms with Crippen molar-refractivity contribution in [2.45, 2.75) is 129 Å². The summed E-state index contributed by atoms with van der Waals surface area (Å²) in [5, 5.41) is 0. The molecule has 0 radical (unpaired) electrons. The first kappa shape index (κ1) is 23.3. The van der Waals surface area contributed by atoms with E-state index >= 15 is 0 Å². The van der Waals surface area contributed by atoms with E-state index in [0.29, 0.717) is 0 Å². The van der Waals surface area contributed by atoms with Crippen molar-refractivity contribution >= 4 is 11.9 Å². The quantitative estimate of drug-likeness (QED) is 0.382. The van der Waals surface area contributed by atoms with Gasteiger partial charge in [-0.2, -0.15) is 0 Å². The van der Waals surface area contributed by atoms with E-state index in [4.69, 9.17) is 9.47 Å². The molecular weight excluding hydrogens is 424 g/mol. The minimum absolute atomic E-state index is 0.131. The Hall–Kier alpha value is -1.06. The topological polar surface area (TPSA) is 52.6 Å². The predicted octanol–water partition coefficient (Wildman–Crippen LogP) is 6.84. The van der Waals surface area contributed by atoms with Crippen molar-refractivity contribution < 1.29 is 19.1 Å². The van der Waals surface area contributed by atoms with Gasteiger partial charge in [0.2, 0.25) is 0 Å². The summed E-state index contributed by atoms with van der Waals surface area (Å²) in [6.45, 7) is 8.53. The Kier molecular flexibility index (Phi) is 5.30. The Labute approximate surface area is 206 Å². The van der Waals surface area contributed by atoms with Crippen LogP contribution in [0.3, 0.4) is 0 Å². The Morgan fingerprint density at radius 1 is 0.559 bits per heavy atom. The van der Waals surface area contributed by atoms with Crippen LogP contribution in [0.15, 0.2) is 0 Å². The predicted molar refractivity (Wildman–Crippen MR) is 131 cm³/mol. The van der Waals surface area contributed by atoms with Gasteiger partial charge in [0.1, 0.15) is 11.2 Å². The summed E-state index contributed by atoms with van der Waals surface area (Å²) in [6, 6.07) is 0. The van der Waals surface area contributed by atoms with Crippen molar-refractivity contribution in [3.8, 4) is 0 Å². The summed E-state index contributed by atoms with van der Waals surface area (Å²) in [5.74, 6) is 4.49. The molecule has 0 spiro atoms. The Bertz CT molecular complexity index is 711. The minimum Gasteiger partial charge on any atom is -0.459 e. The molecule has 0 aromatic heterocycles. The maximum Gasteiger partial charge on any atom is 0.306 e. The molecule has 4 nitrogen and oxygen atoms in total. The van der Waals surface area contributed by atoms with Crippen LogP contribution in [0.2, 0.25) is 0 Å². The highest BCUT2D eigenvalue weighted by Gasteiger charge is 2.60. The summed E-state index contributed by atoms with van der Waals surface area (Å²) in [4.78, 5) is 25.8. The van der Waals surface area contributed by atoms with E-state index in [9.17, 15) is 9.59 Å². The molecule has 8 saturated carbocycles. The molecule has 8 aliphatic rings. The molecule has 0 heterocycles. The molecule has 0 amide bonds. The van der Waals surface area contributed by atoms with E-state index in [1.807, 2.05) is 0 Å². The average Bonchev–Trinajstić information content (AvgIpc) is 2.69. The number of carbonyl (C=O) groups is 2. The first-order valence-electron chi connectivity index (χ1n) is 14.4. The second-order valence-electron chi connectivity index (χ2n) is 14.9. The maximum atomic E-state index is 12.9. The molecule has 8 rings (SSSR count). The van der Waals surface area contributed by atoms with Crippen molar-refractivity contribution in [1.82, 2.24) is 0 Å². The van der Waals surface area contributed by atoms with Gasteiger partial charge in [0.25, 0.3) is 0 Å². The second kappa shape index (κ2) is 7.72. The third-order valence-corrected chi connectivity index (χ3v) is 11.9. The lowest BCUT2D eigenvalue weighted by Crippen LogP contribution is -2.57. The largest absolute Gasteiger partial charge is 0.459 e. The normalized spacial score (nSPS) is 44.4. The fourth-order valence-corrected chi connectivity index (χ4v) is 10.8. The zero-order valence-electron chi connectivity index (χ0n) is 22.0. The van der Waals surface area contributed by atoms with Gasteiger partial charge in [-0.3, -0.25) is 9.59 Å². The third kappa shape index (κ3) is 3.76. The maximum absolute atomic E-state index is 12.9. The van der Waals surface area contributed by atoms with Crippen LogP contribution in [0.1, 0.15) is 118 Å². The molecule has 0 aromatic rings. The third-order valence-electron chi connectivity index (χ3n) is 11.9. The van der Waals surface area contributed by atoms with Crippen LogP contribution < -0.4 is 0 Å². The lowest BCUT2D eigenvalue weighted by atomic mass is 9.46. The van der Waals surface area contributed by atoms with E-state index < -0.39 is 11.2 Å². The van der Waals surface area contributed by atoms with Gasteiger partial charge in [-0.15, -0.1) is 0 Å². The summed E-state index contributed by atoms with van der Waals surface area (Å²) in [5.41, 5.74) is -0.637. The fraction of sp³-hybridized carbons (Fsp3) is 0.933. The Morgan fingerprint density at radius 3 is 1.03 bits per heavy atom. The van der Waals surface area contributed by atoms with Gasteiger partial charge in [0.15, 0.2) is 0 Å². The van der Waals surface area contributed by atoms with Crippen LogP contribution in [0, 0.1) is 46.3 Å². The Morgan fingerprint density at radius 2 is 0.794 bits per heavy atom. The van der Waals surface area contributed by atoms with Crippen LogP contribution >= 0.6 is 0 Å². The molecule has 4 heteroatoms. The standard InChI is InChI=1S/C30H46O4/c1-27(2,29-13-19-7-20(14-29)9-21(8-19)15-29)33-25(31)5-6-26(32)34-28(3,4)30-16-22-10-23(17-30)12-24(11-22)18-30/h19-24H,5-18H2,1-4H3. The van der Waals surface area contributed by atoms with Crippen LogP contribution in [-0.2, 0) is 19.1 Å². The molecule has 190 valence electrons. The lowest BCUT2D eigenvalue weighted by Gasteiger charge is -2.61. The SMILES string of the molecule is CC(C)(OC(=O)CCC(=O)OC(C)(C)C12CC3CC(CC(C3)C1)C2)C12CC3CC(CC(C3)C1)C2. The molecule has 8 aliphatic carbocycles. The van der Waals surface area contributed by atoms with Crippen molar-refractivity contribution in [3.05, 3.63) is 0 Å². The minimum atomic E-state index is -0.456. The van der Waals surface area contributed by atoms with E-state index in [1.165, 1.54) is 77.0 Å². The molecule has 0 unspecified atom stereocenters. The number of esters is 2. The zero-order chi connectivity index (χ0) is 23.9.